The highest BCUT2D eigenvalue weighted by Gasteiger charge is 2.17. The van der Waals surface area contributed by atoms with Gasteiger partial charge in [-0.25, -0.2) is 9.98 Å². The largest absolute Gasteiger partial charge is 0.494 e. The second-order valence-corrected chi connectivity index (χ2v) is 8.33. The van der Waals surface area contributed by atoms with Crippen LogP contribution in [0.25, 0.3) is 0 Å². The van der Waals surface area contributed by atoms with Crippen molar-refractivity contribution in [2.24, 2.45) is 9.98 Å². The van der Waals surface area contributed by atoms with E-state index in [-0.39, 0.29) is 24.7 Å². The van der Waals surface area contributed by atoms with Gasteiger partial charge in [0.2, 0.25) is 12.2 Å². The predicted octanol–water partition coefficient (Wildman–Crippen LogP) is 2.20. The molecular formula is C25H26N6O4. The Balaban J connectivity index is 1.45. The summed E-state index contributed by atoms with van der Waals surface area (Å²) in [4.78, 5) is 41.2. The number of carbonyl (C=O) groups is 2. The number of fused-ring (bicyclic) bond motifs is 1. The third-order valence-corrected chi connectivity index (χ3v) is 5.59. The summed E-state index contributed by atoms with van der Waals surface area (Å²) in [5, 5.41) is 16.3. The van der Waals surface area contributed by atoms with E-state index < -0.39 is 12.3 Å². The SMILES string of the molecule is COc1cc(CC(=O)Nc2ccc(C(C)CC(=O)O)nc2)cc2c1=NC(Nc1cnccc1C)N=2. The first kappa shape index (κ1) is 23.8. The Morgan fingerprint density at radius 2 is 2.00 bits per heavy atom. The molecule has 35 heavy (non-hydrogen) atoms. The maximum atomic E-state index is 12.7. The number of benzene rings is 1. The van der Waals surface area contributed by atoms with Crippen LogP contribution in [0.3, 0.4) is 0 Å². The van der Waals surface area contributed by atoms with Crippen LogP contribution < -0.4 is 26.1 Å². The summed E-state index contributed by atoms with van der Waals surface area (Å²) < 4.78 is 5.51. The molecular weight excluding hydrogens is 448 g/mol. The van der Waals surface area contributed by atoms with Gasteiger partial charge in [0.1, 0.15) is 11.1 Å². The molecule has 0 spiro atoms. The monoisotopic (exact) mass is 474 g/mol. The van der Waals surface area contributed by atoms with Gasteiger partial charge in [-0.3, -0.25) is 19.6 Å². The van der Waals surface area contributed by atoms with Crippen LogP contribution in [0.1, 0.15) is 36.1 Å². The topological polar surface area (TPSA) is 138 Å². The van der Waals surface area contributed by atoms with Gasteiger partial charge in [-0.15, -0.1) is 0 Å². The summed E-state index contributed by atoms with van der Waals surface area (Å²) in [6.07, 6.45) is 4.57. The van der Waals surface area contributed by atoms with Crippen LogP contribution in [0.5, 0.6) is 5.75 Å². The summed E-state index contributed by atoms with van der Waals surface area (Å²) in [5.74, 6) is -0.781. The average Bonchev–Trinajstić information content (AvgIpc) is 3.22. The Morgan fingerprint density at radius 1 is 1.17 bits per heavy atom. The Hall–Kier alpha value is -4.34. The number of carboxylic acid groups (broad SMARTS) is 1. The maximum absolute atomic E-state index is 12.7. The van der Waals surface area contributed by atoms with E-state index in [1.807, 2.05) is 19.1 Å². The normalized spacial score (nSPS) is 14.8. The Kier molecular flexibility index (Phi) is 7.00. The Labute approximate surface area is 201 Å². The van der Waals surface area contributed by atoms with E-state index in [0.29, 0.717) is 27.8 Å². The van der Waals surface area contributed by atoms with Crippen molar-refractivity contribution in [3.05, 3.63) is 76.5 Å². The molecule has 2 aromatic heterocycles. The molecule has 0 saturated carbocycles. The third-order valence-electron chi connectivity index (χ3n) is 5.59. The van der Waals surface area contributed by atoms with Gasteiger partial charge < -0.3 is 20.5 Å². The highest BCUT2D eigenvalue weighted by Crippen LogP contribution is 2.19. The molecule has 1 aliphatic rings. The van der Waals surface area contributed by atoms with Crippen LogP contribution >= 0.6 is 0 Å². The lowest BCUT2D eigenvalue weighted by Crippen LogP contribution is -2.25. The smallest absolute Gasteiger partial charge is 0.304 e. The van der Waals surface area contributed by atoms with E-state index in [0.717, 1.165) is 16.8 Å². The summed E-state index contributed by atoms with van der Waals surface area (Å²) >= 11 is 0. The van der Waals surface area contributed by atoms with Crippen molar-refractivity contribution in [2.45, 2.75) is 38.9 Å². The van der Waals surface area contributed by atoms with Gasteiger partial charge in [-0.05, 0) is 48.4 Å². The molecule has 1 aromatic carbocycles. The van der Waals surface area contributed by atoms with E-state index >= 15 is 0 Å². The summed E-state index contributed by atoms with van der Waals surface area (Å²) in [6.45, 7) is 3.77. The van der Waals surface area contributed by atoms with Crippen molar-refractivity contribution in [1.29, 1.82) is 0 Å². The lowest BCUT2D eigenvalue weighted by Gasteiger charge is -2.10. The van der Waals surface area contributed by atoms with E-state index in [9.17, 15) is 9.59 Å². The molecule has 3 N–H and O–H groups in total. The first-order valence-corrected chi connectivity index (χ1v) is 11.1. The fourth-order valence-corrected chi connectivity index (χ4v) is 3.76. The molecule has 2 atom stereocenters. The minimum absolute atomic E-state index is 0.00553. The summed E-state index contributed by atoms with van der Waals surface area (Å²) in [5.41, 5.74) is 3.79. The van der Waals surface area contributed by atoms with Crippen LogP contribution in [0, 0.1) is 6.92 Å². The zero-order valence-corrected chi connectivity index (χ0v) is 19.6. The number of amides is 1. The minimum atomic E-state index is -0.879. The second kappa shape index (κ2) is 10.3. The number of nitrogens with one attached hydrogen (secondary N) is 2. The van der Waals surface area contributed by atoms with Crippen molar-refractivity contribution in [2.75, 3.05) is 17.7 Å². The highest BCUT2D eigenvalue weighted by molar-refractivity contribution is 5.92. The van der Waals surface area contributed by atoms with Crippen molar-refractivity contribution >= 4 is 23.3 Å². The van der Waals surface area contributed by atoms with E-state index in [1.54, 1.807) is 44.6 Å². The number of aromatic nitrogens is 2. The first-order valence-electron chi connectivity index (χ1n) is 11.1. The molecule has 0 aliphatic carbocycles. The zero-order chi connectivity index (χ0) is 24.9. The number of pyridine rings is 2. The molecule has 1 amide bonds. The molecule has 10 heteroatoms. The van der Waals surface area contributed by atoms with Crippen LogP contribution in [0.15, 0.2) is 58.9 Å². The van der Waals surface area contributed by atoms with Crippen LogP contribution in [-0.2, 0) is 16.0 Å². The van der Waals surface area contributed by atoms with Gasteiger partial charge >= 0.3 is 5.97 Å². The van der Waals surface area contributed by atoms with Crippen molar-refractivity contribution in [3.8, 4) is 5.75 Å². The number of carboxylic acids is 1. The average molecular weight is 475 g/mol. The van der Waals surface area contributed by atoms with Gasteiger partial charge in [-0.1, -0.05) is 6.92 Å². The van der Waals surface area contributed by atoms with Crippen molar-refractivity contribution in [3.63, 3.8) is 0 Å². The number of aryl methyl sites for hydroxylation is 1. The number of rotatable bonds is 9. The predicted molar refractivity (Wildman–Crippen MR) is 129 cm³/mol. The molecule has 180 valence electrons. The van der Waals surface area contributed by atoms with Crippen molar-refractivity contribution < 1.29 is 19.4 Å². The molecule has 3 heterocycles. The number of ether oxygens (including phenoxy) is 1. The molecule has 0 bridgehead atoms. The van der Waals surface area contributed by atoms with Gasteiger partial charge in [0.05, 0.1) is 49.1 Å². The summed E-state index contributed by atoms with van der Waals surface area (Å²) in [6, 6.07) is 8.95. The summed E-state index contributed by atoms with van der Waals surface area (Å²) in [7, 11) is 1.56. The number of carbonyl (C=O) groups excluding carboxylic acids is 1. The number of methoxy groups -OCH3 is 1. The van der Waals surface area contributed by atoms with E-state index in [2.05, 4.69) is 30.6 Å². The minimum Gasteiger partial charge on any atom is -0.494 e. The van der Waals surface area contributed by atoms with Gasteiger partial charge in [0.15, 0.2) is 0 Å². The second-order valence-electron chi connectivity index (χ2n) is 8.33. The number of aliphatic carboxylic acids is 1. The number of nitrogens with zero attached hydrogens (tertiary/aromatic N) is 4. The lowest BCUT2D eigenvalue weighted by atomic mass is 10.0. The van der Waals surface area contributed by atoms with Crippen molar-refractivity contribution in [1.82, 2.24) is 9.97 Å². The zero-order valence-electron chi connectivity index (χ0n) is 19.6. The maximum Gasteiger partial charge on any atom is 0.304 e. The van der Waals surface area contributed by atoms with Crippen LogP contribution in [0.2, 0.25) is 0 Å². The Bertz CT molecular complexity index is 1370. The first-order chi connectivity index (χ1) is 16.8. The third kappa shape index (κ3) is 5.78. The Morgan fingerprint density at radius 3 is 2.69 bits per heavy atom. The van der Waals surface area contributed by atoms with Gasteiger partial charge in [-0.2, -0.15) is 0 Å². The van der Waals surface area contributed by atoms with E-state index in [1.165, 1.54) is 6.20 Å². The van der Waals surface area contributed by atoms with Gasteiger partial charge in [0, 0.05) is 17.8 Å². The fourth-order valence-electron chi connectivity index (χ4n) is 3.76. The molecule has 0 saturated heterocycles. The van der Waals surface area contributed by atoms with Crippen LogP contribution in [0.4, 0.5) is 11.4 Å². The lowest BCUT2D eigenvalue weighted by molar-refractivity contribution is -0.137. The molecule has 1 aliphatic heterocycles. The number of anilines is 2. The molecule has 0 fully saturated rings. The van der Waals surface area contributed by atoms with Gasteiger partial charge in [0.25, 0.3) is 0 Å². The molecule has 0 radical (unpaired) electrons. The highest BCUT2D eigenvalue weighted by atomic mass is 16.5. The fraction of sp³-hybridized carbons (Fsp3) is 0.280. The molecule has 10 nitrogen and oxygen atoms in total. The standard InChI is InChI=1S/C25H26N6O4/c1-14-6-7-26-13-20(14)30-25-29-19-9-16(10-21(35-3)24(19)31-25)11-22(32)28-17-4-5-18(27-12-17)15(2)8-23(33)34/h4-7,9-10,12-13,15,25,30H,8,11H2,1-3H3,(H,28,32)(H,33,34). The molecule has 3 aromatic rings. The quantitative estimate of drug-likeness (QED) is 0.432. The molecule has 4 rings (SSSR count). The number of hydrogen-bond donors (Lipinski definition) is 3. The van der Waals surface area contributed by atoms with Crippen LogP contribution in [-0.4, -0.2) is 40.4 Å². The number of hydrogen-bond acceptors (Lipinski definition) is 8. The van der Waals surface area contributed by atoms with E-state index in [4.69, 9.17) is 9.84 Å². The molecule has 2 unspecified atom stereocenters.